The molecule has 3 unspecified atom stereocenters. The van der Waals surface area contributed by atoms with E-state index in [4.69, 9.17) is 0 Å². The number of nitrogens with one attached hydrogen (secondary N) is 2. The molecule has 2 aromatic rings. The van der Waals surface area contributed by atoms with Gasteiger partial charge in [0.2, 0.25) is 5.91 Å². The first-order valence-electron chi connectivity index (χ1n) is 10.5. The van der Waals surface area contributed by atoms with Crippen LogP contribution < -0.4 is 10.9 Å². The lowest BCUT2D eigenvalue weighted by atomic mass is 9.86. The van der Waals surface area contributed by atoms with Gasteiger partial charge in [-0.3, -0.25) is 15.2 Å². The van der Waals surface area contributed by atoms with Crippen LogP contribution in [-0.2, 0) is 17.8 Å². The molecule has 1 amide bonds. The Morgan fingerprint density at radius 1 is 1.21 bits per heavy atom. The number of nitrogens with zero attached hydrogens (tertiary/aromatic N) is 2. The van der Waals surface area contributed by atoms with Crippen molar-refractivity contribution in [2.45, 2.75) is 70.1 Å². The fourth-order valence-electron chi connectivity index (χ4n) is 4.60. The second-order valence-corrected chi connectivity index (χ2v) is 8.00. The maximum atomic E-state index is 13.6. The average molecular weight is 379 g/mol. The van der Waals surface area contributed by atoms with E-state index in [1.165, 1.54) is 11.1 Å². The predicted octanol–water partition coefficient (Wildman–Crippen LogP) is 3.52. The van der Waals surface area contributed by atoms with Gasteiger partial charge in [0.25, 0.3) is 0 Å². The summed E-state index contributed by atoms with van der Waals surface area (Å²) in [4.78, 5) is 20.0. The SMILES string of the molecule is CCCC1CC(C(=O)N(Cc2cccnc2)C2CCCc3ccccc32)NN1. The molecule has 0 radical (unpaired) electrons. The molecule has 5 nitrogen and oxygen atoms in total. The van der Waals surface area contributed by atoms with Crippen LogP contribution in [0.15, 0.2) is 48.8 Å². The molecule has 2 heterocycles. The molecule has 1 fully saturated rings. The van der Waals surface area contributed by atoms with Crippen molar-refractivity contribution in [3.63, 3.8) is 0 Å². The highest BCUT2D eigenvalue weighted by Gasteiger charge is 2.36. The van der Waals surface area contributed by atoms with Crippen LogP contribution in [0.3, 0.4) is 0 Å². The van der Waals surface area contributed by atoms with Gasteiger partial charge < -0.3 is 4.90 Å². The molecule has 2 N–H and O–H groups in total. The zero-order chi connectivity index (χ0) is 19.3. The van der Waals surface area contributed by atoms with E-state index < -0.39 is 0 Å². The molecule has 28 heavy (non-hydrogen) atoms. The molecular formula is C23H30N4O. The van der Waals surface area contributed by atoms with Gasteiger partial charge in [0.1, 0.15) is 6.04 Å². The van der Waals surface area contributed by atoms with E-state index in [0.717, 1.165) is 44.1 Å². The molecule has 4 rings (SSSR count). The highest BCUT2D eigenvalue weighted by atomic mass is 16.2. The third kappa shape index (κ3) is 4.10. The third-order valence-electron chi connectivity index (χ3n) is 5.99. The molecule has 1 aliphatic carbocycles. The quantitative estimate of drug-likeness (QED) is 0.807. The van der Waals surface area contributed by atoms with Crippen molar-refractivity contribution in [2.24, 2.45) is 0 Å². The molecule has 1 aromatic heterocycles. The molecular weight excluding hydrogens is 348 g/mol. The van der Waals surface area contributed by atoms with Crippen LogP contribution in [0.1, 0.15) is 61.8 Å². The van der Waals surface area contributed by atoms with Gasteiger partial charge in [-0.25, -0.2) is 5.43 Å². The van der Waals surface area contributed by atoms with Gasteiger partial charge >= 0.3 is 0 Å². The maximum Gasteiger partial charge on any atom is 0.241 e. The van der Waals surface area contributed by atoms with Crippen molar-refractivity contribution in [1.82, 2.24) is 20.7 Å². The molecule has 2 aliphatic rings. The molecule has 3 atom stereocenters. The summed E-state index contributed by atoms with van der Waals surface area (Å²) in [5.74, 6) is 0.191. The number of hydrazine groups is 1. The third-order valence-corrected chi connectivity index (χ3v) is 5.99. The number of benzene rings is 1. The molecule has 1 aromatic carbocycles. The topological polar surface area (TPSA) is 57.3 Å². The number of hydrogen-bond acceptors (Lipinski definition) is 4. The van der Waals surface area contributed by atoms with Gasteiger partial charge in [-0.2, -0.15) is 0 Å². The van der Waals surface area contributed by atoms with Gasteiger partial charge in [0, 0.05) is 25.0 Å². The number of fused-ring (bicyclic) bond motifs is 1. The van der Waals surface area contributed by atoms with Crippen LogP contribution in [0.4, 0.5) is 0 Å². The fraction of sp³-hybridized carbons (Fsp3) is 0.478. The summed E-state index contributed by atoms with van der Waals surface area (Å²) in [6.07, 6.45) is 9.95. The second-order valence-electron chi connectivity index (χ2n) is 8.00. The first-order chi connectivity index (χ1) is 13.8. The van der Waals surface area contributed by atoms with E-state index in [1.807, 2.05) is 12.3 Å². The molecule has 0 spiro atoms. The second kappa shape index (κ2) is 8.84. The summed E-state index contributed by atoms with van der Waals surface area (Å²) in [5.41, 5.74) is 10.3. The number of pyridine rings is 1. The Morgan fingerprint density at radius 2 is 2.11 bits per heavy atom. The van der Waals surface area contributed by atoms with Gasteiger partial charge in [-0.1, -0.05) is 43.7 Å². The normalized spacial score (nSPS) is 24.0. The highest BCUT2D eigenvalue weighted by molar-refractivity contribution is 5.82. The van der Waals surface area contributed by atoms with Crippen molar-refractivity contribution in [1.29, 1.82) is 0 Å². The van der Waals surface area contributed by atoms with Crippen LogP contribution >= 0.6 is 0 Å². The van der Waals surface area contributed by atoms with E-state index >= 15 is 0 Å². The van der Waals surface area contributed by atoms with Crippen LogP contribution in [0, 0.1) is 0 Å². The molecule has 1 aliphatic heterocycles. The lowest BCUT2D eigenvalue weighted by Gasteiger charge is -2.37. The Morgan fingerprint density at radius 3 is 2.93 bits per heavy atom. The van der Waals surface area contributed by atoms with Gasteiger partial charge in [-0.05, 0) is 54.9 Å². The smallest absolute Gasteiger partial charge is 0.241 e. The number of carbonyl (C=O) groups excluding carboxylic acids is 1. The zero-order valence-corrected chi connectivity index (χ0v) is 16.6. The van der Waals surface area contributed by atoms with Crippen molar-refractivity contribution < 1.29 is 4.79 Å². The number of carbonyl (C=O) groups is 1. The van der Waals surface area contributed by atoms with E-state index in [0.29, 0.717) is 12.6 Å². The van der Waals surface area contributed by atoms with Crippen molar-refractivity contribution in [3.05, 3.63) is 65.5 Å². The van der Waals surface area contributed by atoms with Crippen LogP contribution in [0.5, 0.6) is 0 Å². The van der Waals surface area contributed by atoms with Gasteiger partial charge in [-0.15, -0.1) is 0 Å². The molecule has 0 bridgehead atoms. The molecule has 5 heteroatoms. The highest BCUT2D eigenvalue weighted by Crippen LogP contribution is 2.36. The number of rotatable bonds is 6. The summed E-state index contributed by atoms with van der Waals surface area (Å²) in [6, 6.07) is 12.9. The van der Waals surface area contributed by atoms with E-state index in [-0.39, 0.29) is 18.0 Å². The summed E-state index contributed by atoms with van der Waals surface area (Å²) >= 11 is 0. The van der Waals surface area contributed by atoms with Crippen molar-refractivity contribution in [2.75, 3.05) is 0 Å². The Kier molecular flexibility index (Phi) is 6.03. The summed E-state index contributed by atoms with van der Waals surface area (Å²) in [5, 5.41) is 0. The van der Waals surface area contributed by atoms with Crippen LogP contribution in [0.2, 0.25) is 0 Å². The predicted molar refractivity (Wildman–Crippen MR) is 110 cm³/mol. The zero-order valence-electron chi connectivity index (χ0n) is 16.6. The Labute approximate surface area is 167 Å². The number of hydrogen-bond donors (Lipinski definition) is 2. The van der Waals surface area contributed by atoms with Gasteiger partial charge in [0.05, 0.1) is 6.04 Å². The Hall–Kier alpha value is -2.24. The van der Waals surface area contributed by atoms with E-state index in [2.05, 4.69) is 58.0 Å². The number of amides is 1. The average Bonchev–Trinajstić information content (AvgIpc) is 3.21. The maximum absolute atomic E-state index is 13.6. The Bertz CT molecular complexity index is 794. The lowest BCUT2D eigenvalue weighted by Crippen LogP contribution is -2.47. The molecule has 0 saturated carbocycles. The summed E-state index contributed by atoms with van der Waals surface area (Å²) < 4.78 is 0. The van der Waals surface area contributed by atoms with Gasteiger partial charge in [0.15, 0.2) is 0 Å². The van der Waals surface area contributed by atoms with Crippen molar-refractivity contribution >= 4 is 5.91 Å². The largest absolute Gasteiger partial charge is 0.330 e. The van der Waals surface area contributed by atoms with Crippen molar-refractivity contribution in [3.8, 4) is 0 Å². The number of aromatic nitrogens is 1. The lowest BCUT2D eigenvalue weighted by molar-refractivity contribution is -0.136. The number of aryl methyl sites for hydroxylation is 1. The fourth-order valence-corrected chi connectivity index (χ4v) is 4.60. The monoisotopic (exact) mass is 378 g/mol. The van der Waals surface area contributed by atoms with E-state index in [9.17, 15) is 4.79 Å². The minimum atomic E-state index is -0.165. The van der Waals surface area contributed by atoms with E-state index in [1.54, 1.807) is 6.20 Å². The minimum absolute atomic E-state index is 0.129. The van der Waals surface area contributed by atoms with Crippen LogP contribution in [-0.4, -0.2) is 27.9 Å². The standard InChI is InChI=1S/C23H30N4O/c1-2-7-19-14-21(26-25-19)23(28)27(16-17-8-6-13-24-15-17)22-12-5-10-18-9-3-4-11-20(18)22/h3-4,6,8-9,11,13,15,19,21-22,25-26H,2,5,7,10,12,14,16H2,1H3. The summed E-state index contributed by atoms with van der Waals surface area (Å²) in [6.45, 7) is 2.78. The molecule has 1 saturated heterocycles. The first-order valence-corrected chi connectivity index (χ1v) is 10.5. The molecule has 148 valence electrons. The Balaban J connectivity index is 1.61. The minimum Gasteiger partial charge on any atom is -0.330 e. The first kappa shape index (κ1) is 19.1. The van der Waals surface area contributed by atoms with Crippen LogP contribution in [0.25, 0.3) is 0 Å². The summed E-state index contributed by atoms with van der Waals surface area (Å²) in [7, 11) is 0.